The van der Waals surface area contributed by atoms with Crippen LogP contribution in [-0.2, 0) is 14.8 Å². The van der Waals surface area contributed by atoms with Gasteiger partial charge in [0.05, 0.1) is 17.2 Å². The second-order valence-corrected chi connectivity index (χ2v) is 11.2. The Morgan fingerprint density at radius 1 is 1.08 bits per heavy atom. The molecule has 0 aliphatic heterocycles. The van der Waals surface area contributed by atoms with Crippen LogP contribution in [0.2, 0.25) is 0 Å². The molecule has 4 aromatic rings. The van der Waals surface area contributed by atoms with E-state index in [1.165, 1.54) is 37.6 Å². The lowest BCUT2D eigenvalue weighted by Gasteiger charge is -2.17. The Kier molecular flexibility index (Phi) is 7.74. The molecule has 8 nitrogen and oxygen atoms in total. The van der Waals surface area contributed by atoms with Crippen molar-refractivity contribution >= 4 is 21.4 Å². The standard InChI is InChI=1S/C25H26FN3O5S2/c1-16(15-32-4)33-18-11-17(22-6-7-23(28-22)25-27-9-10-35-25)12-19(13-18)34-24-8-5-20(14-21(24)26)36(30,31)29(2)3/h5-14,16,28H,15H2,1-4H3/t16-/m0/s1. The molecule has 2 aromatic heterocycles. The SMILES string of the molecule is COC[C@H](C)Oc1cc(Oc2ccc(S(=O)(=O)N(C)C)cc2F)cc(-c2ccc(-c3nccs3)[nH]2)c1. The summed E-state index contributed by atoms with van der Waals surface area (Å²) < 4.78 is 57.5. The molecule has 1 atom stereocenters. The van der Waals surface area contributed by atoms with E-state index >= 15 is 0 Å². The highest BCUT2D eigenvalue weighted by atomic mass is 32.2. The number of hydrogen-bond acceptors (Lipinski definition) is 7. The summed E-state index contributed by atoms with van der Waals surface area (Å²) in [6, 6.07) is 12.6. The highest BCUT2D eigenvalue weighted by Crippen LogP contribution is 2.35. The molecule has 0 unspecified atom stereocenters. The monoisotopic (exact) mass is 531 g/mol. The lowest BCUT2D eigenvalue weighted by Crippen LogP contribution is -2.22. The molecular weight excluding hydrogens is 505 g/mol. The van der Waals surface area contributed by atoms with Gasteiger partial charge < -0.3 is 19.2 Å². The van der Waals surface area contributed by atoms with Crippen molar-refractivity contribution in [1.82, 2.24) is 14.3 Å². The predicted molar refractivity (Wildman–Crippen MR) is 137 cm³/mol. The normalized spacial score (nSPS) is 12.6. The number of sulfonamides is 1. The Bertz CT molecular complexity index is 1440. The van der Waals surface area contributed by atoms with Crippen molar-refractivity contribution in [2.45, 2.75) is 17.9 Å². The van der Waals surface area contributed by atoms with Gasteiger partial charge in [0.25, 0.3) is 0 Å². The van der Waals surface area contributed by atoms with Gasteiger partial charge in [-0.15, -0.1) is 11.3 Å². The molecule has 0 saturated carbocycles. The number of methoxy groups -OCH3 is 1. The molecule has 2 aromatic carbocycles. The Morgan fingerprint density at radius 3 is 2.50 bits per heavy atom. The second kappa shape index (κ2) is 10.8. The first kappa shape index (κ1) is 25.8. The predicted octanol–water partition coefficient (Wildman–Crippen LogP) is 5.40. The first-order valence-electron chi connectivity index (χ1n) is 11.0. The average molecular weight is 532 g/mol. The Hall–Kier alpha value is -3.25. The molecule has 0 fully saturated rings. The summed E-state index contributed by atoms with van der Waals surface area (Å²) in [7, 11) is 0.583. The number of rotatable bonds is 10. The second-order valence-electron chi connectivity index (χ2n) is 8.18. The third kappa shape index (κ3) is 5.76. The molecule has 0 saturated heterocycles. The topological polar surface area (TPSA) is 93.8 Å². The molecule has 11 heteroatoms. The van der Waals surface area contributed by atoms with Crippen molar-refractivity contribution in [2.75, 3.05) is 27.8 Å². The van der Waals surface area contributed by atoms with Gasteiger partial charge in [0.2, 0.25) is 10.0 Å². The van der Waals surface area contributed by atoms with Gasteiger partial charge in [0.1, 0.15) is 22.6 Å². The quantitative estimate of drug-likeness (QED) is 0.295. The van der Waals surface area contributed by atoms with E-state index in [1.54, 1.807) is 25.4 Å². The fourth-order valence-electron chi connectivity index (χ4n) is 3.46. The summed E-state index contributed by atoms with van der Waals surface area (Å²) in [5.41, 5.74) is 2.41. The van der Waals surface area contributed by atoms with Crippen molar-refractivity contribution in [2.24, 2.45) is 0 Å². The maximum atomic E-state index is 14.9. The maximum absolute atomic E-state index is 14.9. The summed E-state index contributed by atoms with van der Waals surface area (Å²) in [6.45, 7) is 2.25. The lowest BCUT2D eigenvalue weighted by molar-refractivity contribution is 0.0920. The van der Waals surface area contributed by atoms with Gasteiger partial charge in [-0.25, -0.2) is 22.1 Å². The van der Waals surface area contributed by atoms with Crippen LogP contribution < -0.4 is 9.47 Å². The number of aromatic amines is 1. The number of nitrogens with zero attached hydrogens (tertiary/aromatic N) is 2. The Morgan fingerprint density at radius 2 is 1.83 bits per heavy atom. The number of halogens is 1. The molecule has 36 heavy (non-hydrogen) atoms. The molecule has 4 rings (SSSR count). The van der Waals surface area contributed by atoms with E-state index in [1.807, 2.05) is 30.5 Å². The van der Waals surface area contributed by atoms with Crippen molar-refractivity contribution in [3.8, 4) is 39.2 Å². The third-order valence-electron chi connectivity index (χ3n) is 5.19. The minimum atomic E-state index is -3.78. The van der Waals surface area contributed by atoms with Gasteiger partial charge in [-0.3, -0.25) is 0 Å². The number of H-pyrrole nitrogens is 1. The van der Waals surface area contributed by atoms with E-state index in [4.69, 9.17) is 14.2 Å². The van der Waals surface area contributed by atoms with Gasteiger partial charge in [0.15, 0.2) is 11.6 Å². The number of benzene rings is 2. The largest absolute Gasteiger partial charge is 0.488 e. The average Bonchev–Trinajstić information content (AvgIpc) is 3.52. The zero-order valence-corrected chi connectivity index (χ0v) is 21.8. The van der Waals surface area contributed by atoms with E-state index in [-0.39, 0.29) is 16.7 Å². The van der Waals surface area contributed by atoms with Crippen LogP contribution in [0.3, 0.4) is 0 Å². The van der Waals surface area contributed by atoms with Crippen LogP contribution in [0.4, 0.5) is 4.39 Å². The van der Waals surface area contributed by atoms with Crippen LogP contribution in [0.1, 0.15) is 6.92 Å². The van der Waals surface area contributed by atoms with E-state index < -0.39 is 15.8 Å². The van der Waals surface area contributed by atoms with Crippen LogP contribution in [0.15, 0.2) is 65.0 Å². The molecule has 0 amide bonds. The van der Waals surface area contributed by atoms with Crippen LogP contribution in [0.25, 0.3) is 22.0 Å². The van der Waals surface area contributed by atoms with Crippen LogP contribution in [0.5, 0.6) is 17.2 Å². The maximum Gasteiger partial charge on any atom is 0.242 e. The lowest BCUT2D eigenvalue weighted by atomic mass is 10.1. The molecule has 0 radical (unpaired) electrons. The Balaban J connectivity index is 1.68. The Labute approximate surface area is 213 Å². The fraction of sp³-hybridized carbons (Fsp3) is 0.240. The number of ether oxygens (including phenoxy) is 3. The summed E-state index contributed by atoms with van der Waals surface area (Å²) in [5.74, 6) is -0.0931. The van der Waals surface area contributed by atoms with Gasteiger partial charge in [0, 0.05) is 50.1 Å². The summed E-state index contributed by atoms with van der Waals surface area (Å²) in [6.07, 6.45) is 1.50. The van der Waals surface area contributed by atoms with Crippen molar-refractivity contribution < 1.29 is 27.0 Å². The van der Waals surface area contributed by atoms with Crippen LogP contribution in [-0.4, -0.2) is 56.6 Å². The van der Waals surface area contributed by atoms with Gasteiger partial charge >= 0.3 is 0 Å². The number of hydrogen-bond donors (Lipinski definition) is 1. The highest BCUT2D eigenvalue weighted by Gasteiger charge is 2.20. The van der Waals surface area contributed by atoms with E-state index in [2.05, 4.69) is 9.97 Å². The van der Waals surface area contributed by atoms with E-state index in [0.29, 0.717) is 18.1 Å². The van der Waals surface area contributed by atoms with E-state index in [0.717, 1.165) is 32.3 Å². The smallest absolute Gasteiger partial charge is 0.242 e. The minimum Gasteiger partial charge on any atom is -0.488 e. The zero-order chi connectivity index (χ0) is 25.9. The van der Waals surface area contributed by atoms with Gasteiger partial charge in [-0.1, -0.05) is 0 Å². The molecule has 2 heterocycles. The summed E-state index contributed by atoms with van der Waals surface area (Å²) in [4.78, 5) is 7.50. The molecular formula is C25H26FN3O5S2. The molecule has 0 aliphatic carbocycles. The van der Waals surface area contributed by atoms with Crippen molar-refractivity contribution in [3.05, 3.63) is 65.9 Å². The van der Waals surface area contributed by atoms with Crippen LogP contribution in [0, 0.1) is 5.82 Å². The first-order chi connectivity index (χ1) is 17.2. The molecule has 1 N–H and O–H groups in total. The number of aromatic nitrogens is 2. The zero-order valence-electron chi connectivity index (χ0n) is 20.2. The number of nitrogens with one attached hydrogen (secondary N) is 1. The van der Waals surface area contributed by atoms with Gasteiger partial charge in [-0.05, 0) is 49.4 Å². The highest BCUT2D eigenvalue weighted by molar-refractivity contribution is 7.89. The number of thiazole rings is 1. The molecule has 0 aliphatic rings. The van der Waals surface area contributed by atoms with E-state index in [9.17, 15) is 12.8 Å². The van der Waals surface area contributed by atoms with Crippen molar-refractivity contribution in [1.29, 1.82) is 0 Å². The fourth-order valence-corrected chi connectivity index (χ4v) is 4.99. The van der Waals surface area contributed by atoms with Crippen molar-refractivity contribution in [3.63, 3.8) is 0 Å². The molecule has 190 valence electrons. The molecule has 0 spiro atoms. The van der Waals surface area contributed by atoms with Crippen LogP contribution >= 0.6 is 11.3 Å². The molecule has 0 bridgehead atoms. The minimum absolute atomic E-state index is 0.115. The first-order valence-corrected chi connectivity index (χ1v) is 13.3. The third-order valence-corrected chi connectivity index (χ3v) is 7.81. The summed E-state index contributed by atoms with van der Waals surface area (Å²) in [5, 5.41) is 2.76. The summed E-state index contributed by atoms with van der Waals surface area (Å²) >= 11 is 1.52. The van der Waals surface area contributed by atoms with Gasteiger partial charge in [-0.2, -0.15) is 0 Å².